The van der Waals surface area contributed by atoms with Crippen LogP contribution in [0.3, 0.4) is 0 Å². The van der Waals surface area contributed by atoms with E-state index in [9.17, 15) is 9.59 Å². The molecule has 1 aliphatic rings. The predicted molar refractivity (Wildman–Crippen MR) is 75.4 cm³/mol. The average molecular weight is 289 g/mol. The minimum atomic E-state index is -0.889. The van der Waals surface area contributed by atoms with E-state index in [0.717, 1.165) is 18.6 Å². The second kappa shape index (κ2) is 8.43. The minimum Gasteiger partial charge on any atom is -0.481 e. The van der Waals surface area contributed by atoms with Gasteiger partial charge in [0, 0.05) is 6.54 Å². The Morgan fingerprint density at radius 2 is 2.26 bits per heavy atom. The highest BCUT2D eigenvalue weighted by Crippen LogP contribution is 2.19. The molecule has 0 aliphatic carbocycles. The zero-order chi connectivity index (χ0) is 14.3. The molecule has 0 radical (unpaired) electrons. The molecule has 0 bridgehead atoms. The van der Waals surface area contributed by atoms with Crippen molar-refractivity contribution in [1.82, 2.24) is 4.90 Å². The van der Waals surface area contributed by atoms with E-state index in [2.05, 4.69) is 6.92 Å². The molecule has 1 rings (SSSR count). The summed E-state index contributed by atoms with van der Waals surface area (Å²) in [6, 6.07) is -0.326. The van der Waals surface area contributed by atoms with Crippen LogP contribution in [0.1, 0.15) is 33.1 Å². The highest BCUT2D eigenvalue weighted by molar-refractivity contribution is 8.00. The van der Waals surface area contributed by atoms with E-state index in [0.29, 0.717) is 19.8 Å². The van der Waals surface area contributed by atoms with Crippen LogP contribution in [-0.2, 0) is 14.3 Å². The molecule has 1 aliphatic heterocycles. The lowest BCUT2D eigenvalue weighted by Gasteiger charge is -2.36. The average Bonchev–Trinajstić information content (AvgIpc) is 2.38. The topological polar surface area (TPSA) is 66.8 Å². The molecule has 1 N–H and O–H groups in total. The smallest absolute Gasteiger partial charge is 0.305 e. The van der Waals surface area contributed by atoms with Crippen molar-refractivity contribution in [2.75, 3.05) is 25.5 Å². The van der Waals surface area contributed by atoms with Gasteiger partial charge in [0.1, 0.15) is 0 Å². The van der Waals surface area contributed by atoms with Gasteiger partial charge in [0.15, 0.2) is 0 Å². The summed E-state index contributed by atoms with van der Waals surface area (Å²) >= 11 is 1.64. The van der Waals surface area contributed by atoms with Gasteiger partial charge in [0.25, 0.3) is 0 Å². The Bertz CT molecular complexity index is 311. The lowest BCUT2D eigenvalue weighted by atomic mass is 10.1. The van der Waals surface area contributed by atoms with Crippen molar-refractivity contribution in [3.05, 3.63) is 0 Å². The van der Waals surface area contributed by atoms with Crippen LogP contribution in [0.4, 0.5) is 0 Å². The predicted octanol–water partition coefficient (Wildman–Crippen LogP) is 1.61. The lowest BCUT2D eigenvalue weighted by Crippen LogP contribution is -2.51. The number of ether oxygens (including phenoxy) is 1. The number of hydrogen-bond donors (Lipinski definition) is 1. The Labute approximate surface area is 118 Å². The summed E-state index contributed by atoms with van der Waals surface area (Å²) in [6.45, 7) is 5.34. The molecule has 0 aromatic heterocycles. The Morgan fingerprint density at radius 1 is 1.53 bits per heavy atom. The summed E-state index contributed by atoms with van der Waals surface area (Å²) in [5, 5.41) is 8.77. The van der Waals surface area contributed by atoms with Gasteiger partial charge in [-0.1, -0.05) is 13.3 Å². The van der Waals surface area contributed by atoms with Crippen molar-refractivity contribution < 1.29 is 19.4 Å². The monoisotopic (exact) mass is 289 g/mol. The van der Waals surface area contributed by atoms with Gasteiger partial charge >= 0.3 is 5.97 Å². The molecule has 0 saturated carbocycles. The summed E-state index contributed by atoms with van der Waals surface area (Å²) in [6.07, 6.45) is 2.18. The zero-order valence-corrected chi connectivity index (χ0v) is 12.4. The number of morpholine rings is 1. The summed E-state index contributed by atoms with van der Waals surface area (Å²) in [5.74, 6) is 0.118. The van der Waals surface area contributed by atoms with E-state index in [-0.39, 0.29) is 23.6 Å². The van der Waals surface area contributed by atoms with Crippen LogP contribution in [0.15, 0.2) is 0 Å². The van der Waals surface area contributed by atoms with Crippen LogP contribution in [0.2, 0.25) is 0 Å². The van der Waals surface area contributed by atoms with Gasteiger partial charge < -0.3 is 14.7 Å². The van der Waals surface area contributed by atoms with Crippen LogP contribution in [0, 0.1) is 0 Å². The maximum atomic E-state index is 12.3. The van der Waals surface area contributed by atoms with Gasteiger partial charge in [0.05, 0.1) is 30.9 Å². The van der Waals surface area contributed by atoms with Crippen molar-refractivity contribution in [2.45, 2.75) is 44.4 Å². The number of unbranched alkanes of at least 4 members (excludes halogenated alkanes) is 1. The number of carboxylic acid groups (broad SMARTS) is 1. The van der Waals surface area contributed by atoms with E-state index >= 15 is 0 Å². The molecule has 19 heavy (non-hydrogen) atoms. The van der Waals surface area contributed by atoms with Crippen molar-refractivity contribution in [1.29, 1.82) is 0 Å². The molecular formula is C13H23NO4S. The van der Waals surface area contributed by atoms with Crippen molar-refractivity contribution in [2.24, 2.45) is 0 Å². The minimum absolute atomic E-state index is 0.0376. The lowest BCUT2D eigenvalue weighted by molar-refractivity contribution is -0.145. The number of thioether (sulfide) groups is 1. The third-order valence-electron chi connectivity index (χ3n) is 3.13. The van der Waals surface area contributed by atoms with E-state index in [1.54, 1.807) is 16.7 Å². The second-order valence-corrected chi connectivity index (χ2v) is 6.17. The molecule has 1 saturated heterocycles. The van der Waals surface area contributed by atoms with Gasteiger partial charge in [-0.25, -0.2) is 0 Å². The Morgan fingerprint density at radius 3 is 2.89 bits per heavy atom. The second-order valence-electron chi connectivity index (χ2n) is 4.72. The molecule has 0 spiro atoms. The summed E-state index contributed by atoms with van der Waals surface area (Å²) in [4.78, 5) is 24.8. The first-order valence-corrected chi connectivity index (χ1v) is 7.82. The number of hydrogen-bond acceptors (Lipinski definition) is 4. The Hall–Kier alpha value is -0.750. The molecule has 1 heterocycles. The van der Waals surface area contributed by atoms with Crippen LogP contribution < -0.4 is 0 Å². The third-order valence-corrected chi connectivity index (χ3v) is 4.36. The number of rotatable bonds is 7. The maximum Gasteiger partial charge on any atom is 0.305 e. The van der Waals surface area contributed by atoms with Gasteiger partial charge in [-0.2, -0.15) is 0 Å². The summed E-state index contributed by atoms with van der Waals surface area (Å²) in [7, 11) is 0. The number of amides is 1. The van der Waals surface area contributed by atoms with Crippen molar-refractivity contribution in [3.8, 4) is 0 Å². The fourth-order valence-corrected chi connectivity index (χ4v) is 3.11. The van der Waals surface area contributed by atoms with E-state index < -0.39 is 5.97 Å². The first-order valence-electron chi connectivity index (χ1n) is 6.77. The molecule has 6 heteroatoms. The number of nitrogens with zero attached hydrogens (tertiary/aromatic N) is 1. The van der Waals surface area contributed by atoms with Crippen molar-refractivity contribution in [3.63, 3.8) is 0 Å². The SMILES string of the molecule is CCCCSC(C)C(=O)N1CCOCC1CC(=O)O. The normalized spacial score (nSPS) is 21.2. The first-order chi connectivity index (χ1) is 9.06. The van der Waals surface area contributed by atoms with Crippen molar-refractivity contribution >= 4 is 23.6 Å². The number of aliphatic carboxylic acids is 1. The van der Waals surface area contributed by atoms with Gasteiger partial charge in [-0.15, -0.1) is 11.8 Å². The Kier molecular flexibility index (Phi) is 7.23. The molecule has 2 unspecified atom stereocenters. The fraction of sp³-hybridized carbons (Fsp3) is 0.846. The molecule has 0 aromatic carbocycles. The van der Waals surface area contributed by atoms with E-state index in [1.807, 2.05) is 6.92 Å². The molecule has 2 atom stereocenters. The van der Waals surface area contributed by atoms with Gasteiger partial charge in [0.2, 0.25) is 5.91 Å². The highest BCUT2D eigenvalue weighted by atomic mass is 32.2. The zero-order valence-electron chi connectivity index (χ0n) is 11.6. The summed E-state index contributed by atoms with van der Waals surface area (Å²) in [5.41, 5.74) is 0. The summed E-state index contributed by atoms with van der Waals surface area (Å²) < 4.78 is 5.28. The van der Waals surface area contributed by atoms with Crippen LogP contribution in [0.5, 0.6) is 0 Å². The molecule has 110 valence electrons. The molecule has 0 aromatic rings. The number of carbonyl (C=O) groups is 2. The van der Waals surface area contributed by atoms with Gasteiger partial charge in [-0.3, -0.25) is 9.59 Å². The fourth-order valence-electron chi connectivity index (χ4n) is 2.02. The maximum absolute atomic E-state index is 12.3. The van der Waals surface area contributed by atoms with Crippen LogP contribution in [-0.4, -0.2) is 58.7 Å². The number of carbonyl (C=O) groups excluding carboxylic acids is 1. The van der Waals surface area contributed by atoms with Gasteiger partial charge in [-0.05, 0) is 19.1 Å². The van der Waals surface area contributed by atoms with E-state index in [4.69, 9.17) is 9.84 Å². The molecular weight excluding hydrogens is 266 g/mol. The van der Waals surface area contributed by atoms with Crippen LogP contribution in [0.25, 0.3) is 0 Å². The Balaban J connectivity index is 2.53. The molecule has 1 fully saturated rings. The highest BCUT2D eigenvalue weighted by Gasteiger charge is 2.31. The largest absolute Gasteiger partial charge is 0.481 e. The standard InChI is InChI=1S/C13H23NO4S/c1-3-4-7-19-10(2)13(17)14-5-6-18-9-11(14)8-12(15)16/h10-11H,3-9H2,1-2H3,(H,15,16). The quantitative estimate of drug-likeness (QED) is 0.721. The van der Waals surface area contributed by atoms with Crippen LogP contribution >= 0.6 is 11.8 Å². The number of carboxylic acids is 1. The first kappa shape index (κ1) is 16.3. The molecule has 1 amide bonds. The third kappa shape index (κ3) is 5.40. The molecule has 5 nitrogen and oxygen atoms in total. The van der Waals surface area contributed by atoms with E-state index in [1.165, 1.54) is 0 Å².